The maximum atomic E-state index is 14.4. The average molecular weight is 491 g/mol. The minimum absolute atomic E-state index is 0.0944. The monoisotopic (exact) mass is 490 g/mol. The van der Waals surface area contributed by atoms with Crippen LogP contribution in [-0.2, 0) is 6.54 Å². The number of hydrogen-bond donors (Lipinski definition) is 1. The van der Waals surface area contributed by atoms with E-state index in [0.717, 1.165) is 36.5 Å². The molecule has 11 heteroatoms. The van der Waals surface area contributed by atoms with Gasteiger partial charge >= 0.3 is 0 Å². The SMILES string of the molecule is Cc1nnc([C@H]2CCCN2/C(=C/[N+](=O)[O-])Nc2ccc(Cl)cc2F)n1Cc1ccc(Cl)cc1. The molecule has 1 aromatic heterocycles. The summed E-state index contributed by atoms with van der Waals surface area (Å²) in [6, 6.07) is 11.4. The second-order valence-electron chi connectivity index (χ2n) is 7.72. The molecular formula is C22H21Cl2FN6O2. The zero-order chi connectivity index (χ0) is 23.5. The average Bonchev–Trinajstić information content (AvgIpc) is 3.38. The van der Waals surface area contributed by atoms with Gasteiger partial charge in [-0.15, -0.1) is 10.2 Å². The van der Waals surface area contributed by atoms with Crippen molar-refractivity contribution in [2.24, 2.45) is 0 Å². The molecule has 0 radical (unpaired) electrons. The van der Waals surface area contributed by atoms with Crippen LogP contribution in [0.25, 0.3) is 0 Å². The van der Waals surface area contributed by atoms with Crippen molar-refractivity contribution in [3.05, 3.63) is 97.7 Å². The Balaban J connectivity index is 1.66. The van der Waals surface area contributed by atoms with E-state index in [1.54, 1.807) is 0 Å². The Hall–Kier alpha value is -3.17. The molecule has 3 aromatic rings. The Kier molecular flexibility index (Phi) is 6.80. The Morgan fingerprint density at radius 2 is 1.97 bits per heavy atom. The lowest BCUT2D eigenvalue weighted by atomic mass is 10.2. The molecule has 2 aromatic carbocycles. The van der Waals surface area contributed by atoms with Crippen LogP contribution in [0.1, 0.15) is 36.1 Å². The number of likely N-dealkylation sites (tertiary alicyclic amines) is 1. The highest BCUT2D eigenvalue weighted by Gasteiger charge is 2.34. The standard InChI is InChI=1S/C22H21Cl2FN6O2/c1-14-27-28-22(30(14)12-15-4-6-16(23)7-5-15)20-3-2-10-29(20)21(13-31(32)33)26-19-9-8-17(24)11-18(19)25/h4-9,11,13,20,26H,2-3,10,12H2,1H3/b21-13+/t20-/m1/s1. The molecule has 1 fully saturated rings. The second kappa shape index (κ2) is 9.76. The number of hydrogen-bond acceptors (Lipinski definition) is 6. The van der Waals surface area contributed by atoms with Crippen molar-refractivity contribution in [3.8, 4) is 0 Å². The zero-order valence-corrected chi connectivity index (χ0v) is 19.2. The van der Waals surface area contributed by atoms with Crippen molar-refractivity contribution in [3.63, 3.8) is 0 Å². The molecule has 1 aliphatic heterocycles. The molecule has 8 nitrogen and oxygen atoms in total. The van der Waals surface area contributed by atoms with Crippen LogP contribution in [0.5, 0.6) is 0 Å². The molecule has 0 aliphatic carbocycles. The number of halogens is 3. The van der Waals surface area contributed by atoms with Crippen LogP contribution >= 0.6 is 23.2 Å². The van der Waals surface area contributed by atoms with Gasteiger partial charge in [0.05, 0.1) is 23.2 Å². The number of anilines is 1. The topological polar surface area (TPSA) is 89.1 Å². The lowest BCUT2D eigenvalue weighted by Crippen LogP contribution is -2.30. The van der Waals surface area contributed by atoms with Gasteiger partial charge in [0, 0.05) is 16.6 Å². The summed E-state index contributed by atoms with van der Waals surface area (Å²) in [6.07, 6.45) is 2.36. The number of nitro groups is 1. The van der Waals surface area contributed by atoms with E-state index in [2.05, 4.69) is 15.5 Å². The lowest BCUT2D eigenvalue weighted by molar-refractivity contribution is -0.404. The van der Waals surface area contributed by atoms with Crippen LogP contribution < -0.4 is 5.32 Å². The van der Waals surface area contributed by atoms with Gasteiger partial charge in [-0.2, -0.15) is 0 Å². The molecule has 0 spiro atoms. The maximum Gasteiger partial charge on any atom is 0.274 e. The van der Waals surface area contributed by atoms with Crippen LogP contribution in [0.15, 0.2) is 54.5 Å². The highest BCUT2D eigenvalue weighted by molar-refractivity contribution is 6.30. The minimum Gasteiger partial charge on any atom is -0.343 e. The first-order valence-electron chi connectivity index (χ1n) is 10.3. The number of aryl methyl sites for hydroxylation is 1. The van der Waals surface area contributed by atoms with Crippen LogP contribution in [-0.4, -0.2) is 31.1 Å². The van der Waals surface area contributed by atoms with Crippen LogP contribution in [0.4, 0.5) is 10.1 Å². The van der Waals surface area contributed by atoms with Crippen molar-refractivity contribution in [2.75, 3.05) is 11.9 Å². The van der Waals surface area contributed by atoms with Crippen molar-refractivity contribution in [1.29, 1.82) is 0 Å². The summed E-state index contributed by atoms with van der Waals surface area (Å²) in [6.45, 7) is 2.93. The van der Waals surface area contributed by atoms with E-state index >= 15 is 0 Å². The van der Waals surface area contributed by atoms with Gasteiger partial charge in [-0.25, -0.2) is 4.39 Å². The van der Waals surface area contributed by atoms with Gasteiger partial charge in [-0.05, 0) is 55.7 Å². The molecule has 172 valence electrons. The third-order valence-electron chi connectivity index (χ3n) is 5.50. The summed E-state index contributed by atoms with van der Waals surface area (Å²) in [7, 11) is 0. The van der Waals surface area contributed by atoms with Crippen LogP contribution in [0.2, 0.25) is 10.0 Å². The second-order valence-corrected chi connectivity index (χ2v) is 8.59. The van der Waals surface area contributed by atoms with Crippen molar-refractivity contribution >= 4 is 28.9 Å². The van der Waals surface area contributed by atoms with Crippen molar-refractivity contribution in [2.45, 2.75) is 32.4 Å². The predicted molar refractivity (Wildman–Crippen MR) is 124 cm³/mol. The molecule has 1 aliphatic rings. The van der Waals surface area contributed by atoms with E-state index < -0.39 is 10.7 Å². The highest BCUT2D eigenvalue weighted by atomic mass is 35.5. The molecule has 4 rings (SSSR count). The van der Waals surface area contributed by atoms with E-state index in [9.17, 15) is 14.5 Å². The Bertz CT molecular complexity index is 1200. The van der Waals surface area contributed by atoms with Gasteiger partial charge < -0.3 is 14.8 Å². The highest BCUT2D eigenvalue weighted by Crippen LogP contribution is 2.35. The lowest BCUT2D eigenvalue weighted by Gasteiger charge is -2.28. The molecule has 1 atom stereocenters. The fourth-order valence-electron chi connectivity index (χ4n) is 3.94. The molecule has 0 saturated carbocycles. The van der Waals surface area contributed by atoms with E-state index in [0.29, 0.717) is 23.9 Å². The first-order valence-corrected chi connectivity index (χ1v) is 11.1. The summed E-state index contributed by atoms with van der Waals surface area (Å²) in [5.41, 5.74) is 1.12. The summed E-state index contributed by atoms with van der Waals surface area (Å²) >= 11 is 11.8. The quantitative estimate of drug-likeness (QED) is 0.352. The predicted octanol–water partition coefficient (Wildman–Crippen LogP) is 5.41. The van der Waals surface area contributed by atoms with Gasteiger partial charge in [0.25, 0.3) is 6.20 Å². The summed E-state index contributed by atoms with van der Waals surface area (Å²) in [5.74, 6) is 0.979. The molecule has 1 N–H and O–H groups in total. The van der Waals surface area contributed by atoms with Crippen molar-refractivity contribution in [1.82, 2.24) is 19.7 Å². The zero-order valence-electron chi connectivity index (χ0n) is 17.7. The Labute approximate surface area is 199 Å². The number of nitrogens with zero attached hydrogens (tertiary/aromatic N) is 5. The van der Waals surface area contributed by atoms with Gasteiger partial charge in [-0.3, -0.25) is 10.1 Å². The number of benzene rings is 2. The fourth-order valence-corrected chi connectivity index (χ4v) is 4.23. The summed E-state index contributed by atoms with van der Waals surface area (Å²) in [5, 5.41) is 23.8. The van der Waals surface area contributed by atoms with E-state index in [4.69, 9.17) is 23.2 Å². The summed E-state index contributed by atoms with van der Waals surface area (Å²) in [4.78, 5) is 12.7. The molecular weight excluding hydrogens is 470 g/mol. The molecule has 0 unspecified atom stereocenters. The third-order valence-corrected chi connectivity index (χ3v) is 5.99. The molecule has 0 bridgehead atoms. The molecule has 0 amide bonds. The van der Waals surface area contributed by atoms with Gasteiger partial charge in [0.15, 0.2) is 11.6 Å². The Morgan fingerprint density at radius 3 is 2.67 bits per heavy atom. The van der Waals surface area contributed by atoms with Crippen LogP contribution in [0.3, 0.4) is 0 Å². The van der Waals surface area contributed by atoms with Crippen molar-refractivity contribution < 1.29 is 9.31 Å². The maximum absolute atomic E-state index is 14.4. The van der Waals surface area contributed by atoms with E-state index in [-0.39, 0.29) is 22.6 Å². The smallest absolute Gasteiger partial charge is 0.274 e. The van der Waals surface area contributed by atoms with Gasteiger partial charge in [0.1, 0.15) is 11.6 Å². The molecule has 33 heavy (non-hydrogen) atoms. The first-order chi connectivity index (χ1) is 15.8. The molecule has 1 saturated heterocycles. The largest absolute Gasteiger partial charge is 0.343 e. The third kappa shape index (κ3) is 5.26. The van der Waals surface area contributed by atoms with Gasteiger partial charge in [-0.1, -0.05) is 35.3 Å². The van der Waals surface area contributed by atoms with E-state index in [1.807, 2.05) is 40.7 Å². The number of nitrogens with one attached hydrogen (secondary N) is 1. The Morgan fingerprint density at radius 1 is 1.24 bits per heavy atom. The van der Waals surface area contributed by atoms with Crippen LogP contribution in [0, 0.1) is 22.9 Å². The van der Waals surface area contributed by atoms with Gasteiger partial charge in [0.2, 0.25) is 0 Å². The molecule has 2 heterocycles. The summed E-state index contributed by atoms with van der Waals surface area (Å²) < 4.78 is 16.4. The fraction of sp³-hybridized carbons (Fsp3) is 0.273. The first kappa shape index (κ1) is 23.0. The van der Waals surface area contributed by atoms with E-state index in [1.165, 1.54) is 12.1 Å². The normalized spacial score (nSPS) is 16.3. The minimum atomic E-state index is -0.603. The number of aromatic nitrogens is 3. The number of rotatable bonds is 7.